The number of nitrogens with zero attached hydrogens (tertiary/aromatic N) is 7. The Balaban J connectivity index is 1.54. The van der Waals surface area contributed by atoms with Crippen molar-refractivity contribution in [3.63, 3.8) is 0 Å². The van der Waals surface area contributed by atoms with Crippen molar-refractivity contribution in [3.05, 3.63) is 84.6 Å². The Kier molecular flexibility index (Phi) is 5.76. The normalized spacial score (nSPS) is 11.2. The van der Waals surface area contributed by atoms with Crippen LogP contribution in [0.3, 0.4) is 0 Å². The fourth-order valence-corrected chi connectivity index (χ4v) is 4.44. The Morgan fingerprint density at radius 3 is 2.61 bits per heavy atom. The van der Waals surface area contributed by atoms with Gasteiger partial charge in [-0.05, 0) is 48.9 Å². The first kappa shape index (κ1) is 23.3. The molecule has 5 heterocycles. The van der Waals surface area contributed by atoms with Crippen LogP contribution in [0.2, 0.25) is 0 Å². The third-order valence-electron chi connectivity index (χ3n) is 6.21. The molecule has 5 aromatic heterocycles. The van der Waals surface area contributed by atoms with Crippen molar-refractivity contribution in [2.45, 2.75) is 20.4 Å². The van der Waals surface area contributed by atoms with Crippen LogP contribution in [0, 0.1) is 6.92 Å². The van der Waals surface area contributed by atoms with E-state index in [1.807, 2.05) is 76.9 Å². The monoisotopic (exact) mass is 504 g/mol. The Bertz CT molecular complexity index is 1800. The third kappa shape index (κ3) is 4.21. The molecule has 0 aliphatic rings. The number of hydrogen-bond acceptors (Lipinski definition) is 7. The van der Waals surface area contributed by atoms with Crippen LogP contribution < -0.4 is 10.1 Å². The summed E-state index contributed by atoms with van der Waals surface area (Å²) >= 11 is 0. The molecule has 38 heavy (non-hydrogen) atoms. The minimum absolute atomic E-state index is 0.188. The minimum Gasteiger partial charge on any atom is -0.497 e. The van der Waals surface area contributed by atoms with E-state index in [4.69, 9.17) is 19.7 Å². The zero-order valence-corrected chi connectivity index (χ0v) is 21.1. The molecule has 0 aliphatic heterocycles. The number of aromatic nitrogens is 7. The quantitative estimate of drug-likeness (QED) is 0.354. The summed E-state index contributed by atoms with van der Waals surface area (Å²) in [5, 5.41) is 3.59. The predicted octanol–water partition coefficient (Wildman–Crippen LogP) is 4.55. The number of benzene rings is 1. The second-order valence-electron chi connectivity index (χ2n) is 8.89. The molecule has 0 unspecified atom stereocenters. The van der Waals surface area contributed by atoms with Gasteiger partial charge < -0.3 is 14.6 Å². The van der Waals surface area contributed by atoms with Crippen molar-refractivity contribution < 1.29 is 9.53 Å². The summed E-state index contributed by atoms with van der Waals surface area (Å²) in [6.45, 7) is 3.97. The van der Waals surface area contributed by atoms with Gasteiger partial charge in [0, 0.05) is 30.4 Å². The molecule has 188 valence electrons. The van der Waals surface area contributed by atoms with Crippen LogP contribution in [0.25, 0.3) is 39.4 Å². The first-order valence-electron chi connectivity index (χ1n) is 12.0. The molecule has 1 amide bonds. The van der Waals surface area contributed by atoms with Crippen molar-refractivity contribution in [1.82, 2.24) is 34.1 Å². The van der Waals surface area contributed by atoms with Crippen LogP contribution in [0.1, 0.15) is 18.2 Å². The second-order valence-corrected chi connectivity index (χ2v) is 8.89. The molecule has 0 fully saturated rings. The van der Waals surface area contributed by atoms with E-state index in [2.05, 4.69) is 15.3 Å². The number of anilines is 1. The number of pyridine rings is 2. The fourth-order valence-electron chi connectivity index (χ4n) is 4.44. The summed E-state index contributed by atoms with van der Waals surface area (Å²) in [4.78, 5) is 35.3. The van der Waals surface area contributed by atoms with Crippen LogP contribution >= 0.6 is 0 Å². The molecule has 0 radical (unpaired) electrons. The summed E-state index contributed by atoms with van der Waals surface area (Å²) in [5.74, 6) is 2.20. The van der Waals surface area contributed by atoms with E-state index in [9.17, 15) is 4.79 Å². The lowest BCUT2D eigenvalue weighted by molar-refractivity contribution is -0.114. The maximum absolute atomic E-state index is 11.7. The van der Waals surface area contributed by atoms with Gasteiger partial charge in [0.1, 0.15) is 17.3 Å². The molecule has 0 atom stereocenters. The lowest BCUT2D eigenvalue weighted by Crippen LogP contribution is -2.08. The largest absolute Gasteiger partial charge is 0.497 e. The van der Waals surface area contributed by atoms with E-state index < -0.39 is 0 Å². The standard InChI is InChI=1S/C28H24N8O2/c1-17-5-4-6-22(31-17)26-33-27-24(30-16-35(27)15-19-7-9-20(38-3)10-8-19)28(34-26)36-14-12-21-23(36)11-13-29-25(21)32-18(2)37/h4-14,16H,15H2,1-3H3,(H,29,32,37). The summed E-state index contributed by atoms with van der Waals surface area (Å²) in [7, 11) is 1.65. The highest BCUT2D eigenvalue weighted by atomic mass is 16.5. The third-order valence-corrected chi connectivity index (χ3v) is 6.21. The molecule has 0 saturated heterocycles. The average Bonchev–Trinajstić information content (AvgIpc) is 3.53. The molecule has 6 rings (SSSR count). The van der Waals surface area contributed by atoms with Gasteiger partial charge in [0.2, 0.25) is 5.91 Å². The highest BCUT2D eigenvalue weighted by molar-refractivity contribution is 5.99. The van der Waals surface area contributed by atoms with Gasteiger partial charge in [-0.15, -0.1) is 0 Å². The van der Waals surface area contributed by atoms with Crippen LogP contribution in [-0.2, 0) is 11.3 Å². The van der Waals surface area contributed by atoms with E-state index in [1.165, 1.54) is 6.92 Å². The fraction of sp³-hybridized carbons (Fsp3) is 0.143. The minimum atomic E-state index is -0.188. The first-order valence-corrected chi connectivity index (χ1v) is 12.0. The van der Waals surface area contributed by atoms with Gasteiger partial charge in [-0.3, -0.25) is 9.36 Å². The van der Waals surface area contributed by atoms with Crippen molar-refractivity contribution in [3.8, 4) is 23.1 Å². The van der Waals surface area contributed by atoms with Gasteiger partial charge in [0.25, 0.3) is 0 Å². The molecule has 0 saturated carbocycles. The number of methoxy groups -OCH3 is 1. The van der Waals surface area contributed by atoms with E-state index >= 15 is 0 Å². The number of amides is 1. The Morgan fingerprint density at radius 1 is 1.00 bits per heavy atom. The second kappa shape index (κ2) is 9.40. The van der Waals surface area contributed by atoms with Gasteiger partial charge in [-0.25, -0.2) is 24.9 Å². The molecule has 10 nitrogen and oxygen atoms in total. The average molecular weight is 505 g/mol. The summed E-state index contributed by atoms with van der Waals surface area (Å²) < 4.78 is 9.23. The van der Waals surface area contributed by atoms with Crippen molar-refractivity contribution in [1.29, 1.82) is 0 Å². The maximum Gasteiger partial charge on any atom is 0.222 e. The Labute approximate surface area is 218 Å². The van der Waals surface area contributed by atoms with Crippen molar-refractivity contribution in [2.75, 3.05) is 12.4 Å². The molecular weight excluding hydrogens is 480 g/mol. The number of carbonyl (C=O) groups is 1. The van der Waals surface area contributed by atoms with Gasteiger partial charge in [-0.1, -0.05) is 18.2 Å². The smallest absolute Gasteiger partial charge is 0.222 e. The SMILES string of the molecule is COc1ccc(Cn2cnc3c(-n4ccc5c(NC(C)=O)nccc54)nc(-c4cccc(C)n4)nc32)cc1. The molecule has 1 aromatic carbocycles. The number of ether oxygens (including phenoxy) is 1. The first-order chi connectivity index (χ1) is 18.5. The Morgan fingerprint density at radius 2 is 1.84 bits per heavy atom. The highest BCUT2D eigenvalue weighted by Crippen LogP contribution is 2.29. The number of carbonyl (C=O) groups excluding carboxylic acids is 1. The molecule has 0 spiro atoms. The van der Waals surface area contributed by atoms with Crippen LogP contribution in [0.4, 0.5) is 5.82 Å². The van der Waals surface area contributed by atoms with E-state index in [-0.39, 0.29) is 5.91 Å². The van der Waals surface area contributed by atoms with E-state index in [0.29, 0.717) is 40.9 Å². The van der Waals surface area contributed by atoms with Crippen LogP contribution in [0.5, 0.6) is 5.75 Å². The maximum atomic E-state index is 11.7. The zero-order valence-electron chi connectivity index (χ0n) is 21.1. The molecule has 10 heteroatoms. The number of hydrogen-bond donors (Lipinski definition) is 1. The number of rotatable bonds is 6. The molecular formula is C28H24N8O2. The van der Waals surface area contributed by atoms with Crippen LogP contribution in [-0.4, -0.2) is 47.1 Å². The summed E-state index contributed by atoms with van der Waals surface area (Å²) in [6, 6.07) is 17.5. The number of nitrogens with one attached hydrogen (secondary N) is 1. The van der Waals surface area contributed by atoms with Gasteiger partial charge in [-0.2, -0.15) is 0 Å². The van der Waals surface area contributed by atoms with Gasteiger partial charge in [0.05, 0.1) is 25.5 Å². The summed E-state index contributed by atoms with van der Waals surface area (Å²) in [5.41, 5.74) is 4.78. The summed E-state index contributed by atoms with van der Waals surface area (Å²) in [6.07, 6.45) is 5.33. The topological polar surface area (TPSA) is 113 Å². The molecule has 1 N–H and O–H groups in total. The van der Waals surface area contributed by atoms with Crippen LogP contribution in [0.15, 0.2) is 73.3 Å². The number of fused-ring (bicyclic) bond motifs is 2. The van der Waals surface area contributed by atoms with Crippen molar-refractivity contribution >= 4 is 33.8 Å². The number of imidazole rings is 1. The lowest BCUT2D eigenvalue weighted by atomic mass is 10.2. The van der Waals surface area contributed by atoms with E-state index in [1.54, 1.807) is 19.6 Å². The van der Waals surface area contributed by atoms with Crippen molar-refractivity contribution in [2.24, 2.45) is 0 Å². The Hall–Kier alpha value is -5.12. The highest BCUT2D eigenvalue weighted by Gasteiger charge is 2.19. The molecule has 0 aliphatic carbocycles. The molecule has 6 aromatic rings. The van der Waals surface area contributed by atoms with E-state index in [0.717, 1.165) is 27.9 Å². The lowest BCUT2D eigenvalue weighted by Gasteiger charge is -2.11. The predicted molar refractivity (Wildman–Crippen MR) is 144 cm³/mol. The van der Waals surface area contributed by atoms with Gasteiger partial charge in [0.15, 0.2) is 22.8 Å². The van der Waals surface area contributed by atoms with Gasteiger partial charge >= 0.3 is 0 Å². The number of aryl methyl sites for hydroxylation is 1. The molecule has 0 bridgehead atoms. The zero-order chi connectivity index (χ0) is 26.2.